The van der Waals surface area contributed by atoms with E-state index in [2.05, 4.69) is 10.3 Å². The maximum Gasteiger partial charge on any atom is 0.152 e. The van der Waals surface area contributed by atoms with E-state index >= 15 is 0 Å². The molecule has 1 aromatic carbocycles. The van der Waals surface area contributed by atoms with Crippen LogP contribution < -0.4 is 5.32 Å². The summed E-state index contributed by atoms with van der Waals surface area (Å²) in [6.07, 6.45) is 5.44. The fourth-order valence-corrected chi connectivity index (χ4v) is 3.26. The fourth-order valence-electron chi connectivity index (χ4n) is 2.18. The molecule has 0 amide bonds. The predicted octanol–water partition coefficient (Wildman–Crippen LogP) is 2.17. The highest BCUT2D eigenvalue weighted by atomic mass is 32.2. The molecular formula is C15H21N3O2S. The third-order valence-electron chi connectivity index (χ3n) is 3.21. The number of nitrogens with zero attached hydrogens (tertiary/aromatic N) is 2. The summed E-state index contributed by atoms with van der Waals surface area (Å²) in [4.78, 5) is 4.02. The number of benzene rings is 1. The molecule has 114 valence electrons. The molecule has 1 unspecified atom stereocenters. The quantitative estimate of drug-likeness (QED) is 0.851. The molecule has 0 saturated carbocycles. The topological polar surface area (TPSA) is 64.0 Å². The second kappa shape index (κ2) is 6.76. The van der Waals surface area contributed by atoms with Gasteiger partial charge < -0.3 is 9.88 Å². The van der Waals surface area contributed by atoms with Crippen molar-refractivity contribution in [1.82, 2.24) is 9.55 Å². The fraction of sp³-hybridized carbons (Fsp3) is 0.400. The molecule has 5 nitrogen and oxygen atoms in total. The lowest BCUT2D eigenvalue weighted by molar-refractivity contribution is 0.593. The zero-order valence-electron chi connectivity index (χ0n) is 12.4. The van der Waals surface area contributed by atoms with Gasteiger partial charge in [0.15, 0.2) is 9.84 Å². The highest BCUT2D eigenvalue weighted by Gasteiger charge is 2.13. The third kappa shape index (κ3) is 4.90. The zero-order valence-corrected chi connectivity index (χ0v) is 13.2. The van der Waals surface area contributed by atoms with Gasteiger partial charge in [-0.1, -0.05) is 19.1 Å². The van der Waals surface area contributed by atoms with Crippen molar-refractivity contribution >= 4 is 15.5 Å². The summed E-state index contributed by atoms with van der Waals surface area (Å²) >= 11 is 0. The second-order valence-corrected chi connectivity index (χ2v) is 7.58. The molecule has 6 heteroatoms. The molecule has 2 rings (SSSR count). The molecule has 0 fully saturated rings. The first-order chi connectivity index (χ1) is 9.98. The Hall–Kier alpha value is -1.82. The van der Waals surface area contributed by atoms with E-state index in [1.807, 2.05) is 42.0 Å². The molecule has 0 radical (unpaired) electrons. The lowest BCUT2D eigenvalue weighted by atomic mass is 10.2. The number of imidazole rings is 1. The van der Waals surface area contributed by atoms with Crippen LogP contribution in [-0.4, -0.2) is 35.5 Å². The summed E-state index contributed by atoms with van der Waals surface area (Å²) in [6, 6.07) is 7.88. The van der Waals surface area contributed by atoms with Crippen molar-refractivity contribution in [1.29, 1.82) is 0 Å². The number of hydrogen-bond acceptors (Lipinski definition) is 4. The minimum absolute atomic E-state index is 0.113. The standard InChI is InChI=1S/C15H21N3O2S/c1-3-21(19,20)11-13(2)17-15-6-4-5-14(9-15)10-18-8-7-16-12-18/h4-9,12-13,17H,3,10-11H2,1-2H3. The van der Waals surface area contributed by atoms with Gasteiger partial charge in [-0.05, 0) is 24.6 Å². The Bertz CT molecular complexity index is 666. The van der Waals surface area contributed by atoms with Crippen molar-refractivity contribution < 1.29 is 8.42 Å². The van der Waals surface area contributed by atoms with E-state index in [1.54, 1.807) is 19.4 Å². The van der Waals surface area contributed by atoms with E-state index in [0.29, 0.717) is 0 Å². The summed E-state index contributed by atoms with van der Waals surface area (Å²) in [5.41, 5.74) is 2.08. The summed E-state index contributed by atoms with van der Waals surface area (Å²) < 4.78 is 25.2. The van der Waals surface area contributed by atoms with Crippen molar-refractivity contribution in [3.63, 3.8) is 0 Å². The number of sulfone groups is 1. The number of rotatable bonds is 7. The van der Waals surface area contributed by atoms with Crippen LogP contribution in [0.25, 0.3) is 0 Å². The van der Waals surface area contributed by atoms with Crippen molar-refractivity contribution in [2.24, 2.45) is 0 Å². The Morgan fingerprint density at radius 3 is 2.86 bits per heavy atom. The molecule has 2 aromatic rings. The summed E-state index contributed by atoms with van der Waals surface area (Å²) in [7, 11) is -2.96. The lowest BCUT2D eigenvalue weighted by Crippen LogP contribution is -2.26. The maximum atomic E-state index is 11.6. The first kappa shape index (κ1) is 15.6. The molecule has 1 atom stereocenters. The van der Waals surface area contributed by atoms with Crippen LogP contribution >= 0.6 is 0 Å². The van der Waals surface area contributed by atoms with E-state index in [9.17, 15) is 8.42 Å². The van der Waals surface area contributed by atoms with E-state index in [0.717, 1.165) is 17.8 Å². The third-order valence-corrected chi connectivity index (χ3v) is 5.10. The normalized spacial score (nSPS) is 13.0. The smallest absolute Gasteiger partial charge is 0.152 e. The molecular weight excluding hydrogens is 286 g/mol. The van der Waals surface area contributed by atoms with Gasteiger partial charge in [-0.15, -0.1) is 0 Å². The predicted molar refractivity (Wildman–Crippen MR) is 85.2 cm³/mol. The monoisotopic (exact) mass is 307 g/mol. The molecule has 1 N–H and O–H groups in total. The second-order valence-electron chi connectivity index (χ2n) is 5.18. The first-order valence-electron chi connectivity index (χ1n) is 7.00. The number of aromatic nitrogens is 2. The summed E-state index contributed by atoms with van der Waals surface area (Å²) in [5.74, 6) is 0.328. The molecule has 0 aliphatic carbocycles. The molecule has 21 heavy (non-hydrogen) atoms. The van der Waals surface area contributed by atoms with Gasteiger partial charge in [-0.3, -0.25) is 0 Å². The van der Waals surface area contributed by atoms with E-state index in [-0.39, 0.29) is 17.5 Å². The molecule has 0 saturated heterocycles. The van der Waals surface area contributed by atoms with Gasteiger partial charge in [0.1, 0.15) is 0 Å². The number of hydrogen-bond donors (Lipinski definition) is 1. The Morgan fingerprint density at radius 2 is 2.19 bits per heavy atom. The molecule has 0 aliphatic heterocycles. The van der Waals surface area contributed by atoms with Crippen LogP contribution in [0.2, 0.25) is 0 Å². The first-order valence-corrected chi connectivity index (χ1v) is 8.82. The van der Waals surface area contributed by atoms with Gasteiger partial charge in [0.05, 0.1) is 12.1 Å². The SMILES string of the molecule is CCS(=O)(=O)CC(C)Nc1cccc(Cn2ccnc2)c1. The van der Waals surface area contributed by atoms with Gasteiger partial charge >= 0.3 is 0 Å². The Kier molecular flexibility index (Phi) is 5.01. The van der Waals surface area contributed by atoms with Crippen molar-refractivity contribution in [3.05, 3.63) is 48.5 Å². The lowest BCUT2D eigenvalue weighted by Gasteiger charge is -2.16. The van der Waals surface area contributed by atoms with Crippen molar-refractivity contribution in [2.45, 2.75) is 26.4 Å². The van der Waals surface area contributed by atoms with Crippen LogP contribution in [0.5, 0.6) is 0 Å². The van der Waals surface area contributed by atoms with Crippen LogP contribution in [0.4, 0.5) is 5.69 Å². The van der Waals surface area contributed by atoms with Gasteiger partial charge in [-0.25, -0.2) is 13.4 Å². The average molecular weight is 307 g/mol. The summed E-state index contributed by atoms with van der Waals surface area (Å²) in [5, 5.41) is 3.25. The van der Waals surface area contributed by atoms with Crippen LogP contribution in [0, 0.1) is 0 Å². The van der Waals surface area contributed by atoms with Crippen LogP contribution in [0.1, 0.15) is 19.4 Å². The Morgan fingerprint density at radius 1 is 1.38 bits per heavy atom. The molecule has 1 aromatic heterocycles. The minimum Gasteiger partial charge on any atom is -0.382 e. The highest BCUT2D eigenvalue weighted by Crippen LogP contribution is 2.13. The van der Waals surface area contributed by atoms with E-state index in [4.69, 9.17) is 0 Å². The van der Waals surface area contributed by atoms with Crippen LogP contribution in [0.15, 0.2) is 43.0 Å². The summed E-state index contributed by atoms with van der Waals surface area (Å²) in [6.45, 7) is 4.31. The van der Waals surface area contributed by atoms with Crippen molar-refractivity contribution in [2.75, 3.05) is 16.8 Å². The molecule has 0 aliphatic rings. The van der Waals surface area contributed by atoms with Gasteiger partial charge in [0, 0.05) is 36.4 Å². The van der Waals surface area contributed by atoms with Crippen LogP contribution in [-0.2, 0) is 16.4 Å². The molecule has 1 heterocycles. The number of nitrogens with one attached hydrogen (secondary N) is 1. The van der Waals surface area contributed by atoms with Crippen LogP contribution in [0.3, 0.4) is 0 Å². The Balaban J connectivity index is 2.01. The van der Waals surface area contributed by atoms with Gasteiger partial charge in [0.25, 0.3) is 0 Å². The molecule has 0 spiro atoms. The van der Waals surface area contributed by atoms with E-state index < -0.39 is 9.84 Å². The van der Waals surface area contributed by atoms with Crippen molar-refractivity contribution in [3.8, 4) is 0 Å². The maximum absolute atomic E-state index is 11.6. The average Bonchev–Trinajstić information content (AvgIpc) is 2.91. The van der Waals surface area contributed by atoms with E-state index in [1.165, 1.54) is 0 Å². The Labute approximate surface area is 125 Å². The molecule has 0 bridgehead atoms. The zero-order chi connectivity index (χ0) is 15.3. The highest BCUT2D eigenvalue weighted by molar-refractivity contribution is 7.91. The number of anilines is 1. The van der Waals surface area contributed by atoms with Gasteiger partial charge in [0.2, 0.25) is 0 Å². The minimum atomic E-state index is -2.96. The van der Waals surface area contributed by atoms with Gasteiger partial charge in [-0.2, -0.15) is 0 Å². The largest absolute Gasteiger partial charge is 0.382 e.